The van der Waals surface area contributed by atoms with E-state index >= 15 is 0 Å². The van der Waals surface area contributed by atoms with E-state index in [1.54, 1.807) is 37.4 Å². The lowest BCUT2D eigenvalue weighted by Crippen LogP contribution is -2.24. The smallest absolute Gasteiger partial charge is 0.270 e. The van der Waals surface area contributed by atoms with Gasteiger partial charge in [-0.1, -0.05) is 36.4 Å². The summed E-state index contributed by atoms with van der Waals surface area (Å²) in [7, 11) is 1.56. The van der Waals surface area contributed by atoms with Crippen LogP contribution in [0.3, 0.4) is 0 Å². The number of hydrogen-bond donors (Lipinski definition) is 2. The fraction of sp³-hybridized carbons (Fsp3) is 0.0952. The first-order chi connectivity index (χ1) is 13.2. The molecular formula is C21H19N3O3. The van der Waals surface area contributed by atoms with Gasteiger partial charge in [-0.3, -0.25) is 14.6 Å². The van der Waals surface area contributed by atoms with Crippen LogP contribution in [-0.2, 0) is 6.54 Å². The van der Waals surface area contributed by atoms with Gasteiger partial charge in [0, 0.05) is 30.1 Å². The Balaban J connectivity index is 1.66. The molecule has 1 heterocycles. The summed E-state index contributed by atoms with van der Waals surface area (Å²) >= 11 is 0. The number of anilines is 1. The van der Waals surface area contributed by atoms with Gasteiger partial charge in [-0.15, -0.1) is 0 Å². The lowest BCUT2D eigenvalue weighted by molar-refractivity contribution is 0.0946. The van der Waals surface area contributed by atoms with Crippen molar-refractivity contribution in [3.05, 3.63) is 89.7 Å². The maximum Gasteiger partial charge on any atom is 0.270 e. The number of methoxy groups -OCH3 is 1. The number of carbonyl (C=O) groups is 2. The zero-order valence-corrected chi connectivity index (χ0v) is 14.8. The Morgan fingerprint density at radius 3 is 2.56 bits per heavy atom. The van der Waals surface area contributed by atoms with E-state index in [0.717, 1.165) is 5.56 Å². The number of hydrogen-bond acceptors (Lipinski definition) is 4. The van der Waals surface area contributed by atoms with Crippen LogP contribution in [0.15, 0.2) is 72.9 Å². The molecule has 0 spiro atoms. The van der Waals surface area contributed by atoms with Gasteiger partial charge >= 0.3 is 0 Å². The SMILES string of the molecule is COc1cccc(NC(=O)c2ccnc(C(=O)NCc3ccccc3)c2)c1. The second kappa shape index (κ2) is 8.62. The minimum Gasteiger partial charge on any atom is -0.497 e. The van der Waals surface area contributed by atoms with Crippen molar-refractivity contribution in [2.45, 2.75) is 6.54 Å². The summed E-state index contributed by atoms with van der Waals surface area (Å²) in [6.07, 6.45) is 1.44. The number of benzene rings is 2. The third-order valence-corrected chi connectivity index (χ3v) is 3.88. The first-order valence-electron chi connectivity index (χ1n) is 8.39. The van der Waals surface area contributed by atoms with Gasteiger partial charge in [0.25, 0.3) is 11.8 Å². The van der Waals surface area contributed by atoms with Crippen LogP contribution in [0.1, 0.15) is 26.4 Å². The molecule has 0 bridgehead atoms. The number of rotatable bonds is 6. The van der Waals surface area contributed by atoms with Gasteiger partial charge in [-0.25, -0.2) is 0 Å². The number of ether oxygens (including phenoxy) is 1. The summed E-state index contributed by atoms with van der Waals surface area (Å²) in [6.45, 7) is 0.390. The van der Waals surface area contributed by atoms with Crippen molar-refractivity contribution in [1.82, 2.24) is 10.3 Å². The molecule has 136 valence electrons. The molecule has 0 aliphatic carbocycles. The summed E-state index contributed by atoms with van der Waals surface area (Å²) < 4.78 is 5.14. The second-order valence-corrected chi connectivity index (χ2v) is 5.78. The number of carbonyl (C=O) groups excluding carboxylic acids is 2. The second-order valence-electron chi connectivity index (χ2n) is 5.78. The first kappa shape index (κ1) is 18.1. The number of aromatic nitrogens is 1. The topological polar surface area (TPSA) is 80.3 Å². The molecule has 0 atom stereocenters. The molecule has 0 saturated heterocycles. The average Bonchev–Trinajstić information content (AvgIpc) is 2.73. The third kappa shape index (κ3) is 4.92. The molecule has 0 radical (unpaired) electrons. The van der Waals surface area contributed by atoms with Crippen LogP contribution in [-0.4, -0.2) is 23.9 Å². The molecule has 6 nitrogen and oxygen atoms in total. The first-order valence-corrected chi connectivity index (χ1v) is 8.39. The van der Waals surface area contributed by atoms with Crippen molar-refractivity contribution in [2.75, 3.05) is 12.4 Å². The summed E-state index contributed by atoms with van der Waals surface area (Å²) in [5.41, 5.74) is 2.12. The minimum atomic E-state index is -0.338. The molecule has 0 fully saturated rings. The van der Waals surface area contributed by atoms with Gasteiger partial charge in [0.2, 0.25) is 0 Å². The lowest BCUT2D eigenvalue weighted by Gasteiger charge is -2.08. The highest BCUT2D eigenvalue weighted by Gasteiger charge is 2.12. The van der Waals surface area contributed by atoms with E-state index in [4.69, 9.17) is 4.74 Å². The molecule has 3 rings (SSSR count). The number of nitrogens with zero attached hydrogens (tertiary/aromatic N) is 1. The van der Waals surface area contributed by atoms with Crippen molar-refractivity contribution in [3.8, 4) is 5.75 Å². The highest BCUT2D eigenvalue weighted by molar-refractivity contribution is 6.05. The van der Waals surface area contributed by atoms with Crippen LogP contribution in [0.25, 0.3) is 0 Å². The molecule has 2 N–H and O–H groups in total. The fourth-order valence-electron chi connectivity index (χ4n) is 2.47. The maximum absolute atomic E-state index is 12.5. The van der Waals surface area contributed by atoms with E-state index in [9.17, 15) is 9.59 Å². The largest absolute Gasteiger partial charge is 0.497 e. The molecule has 0 saturated carbocycles. The summed E-state index contributed by atoms with van der Waals surface area (Å²) in [6, 6.07) is 19.6. The van der Waals surface area contributed by atoms with Gasteiger partial charge in [0.1, 0.15) is 11.4 Å². The Labute approximate surface area is 157 Å². The average molecular weight is 361 g/mol. The normalized spacial score (nSPS) is 10.1. The molecule has 2 amide bonds. The number of pyridine rings is 1. The molecule has 27 heavy (non-hydrogen) atoms. The molecule has 0 aliphatic heterocycles. The number of amides is 2. The van der Waals surface area contributed by atoms with Crippen molar-refractivity contribution in [1.29, 1.82) is 0 Å². The van der Waals surface area contributed by atoms with Crippen LogP contribution < -0.4 is 15.4 Å². The minimum absolute atomic E-state index is 0.184. The lowest BCUT2D eigenvalue weighted by atomic mass is 10.2. The monoisotopic (exact) mass is 361 g/mol. The molecule has 3 aromatic rings. The standard InChI is InChI=1S/C21H19N3O3/c1-27-18-9-5-8-17(13-18)24-20(25)16-10-11-22-19(12-16)21(26)23-14-15-6-3-2-4-7-15/h2-13H,14H2,1H3,(H,23,26)(H,24,25). The van der Waals surface area contributed by atoms with Gasteiger partial charge in [0.15, 0.2) is 0 Å². The fourth-order valence-corrected chi connectivity index (χ4v) is 2.47. The Hall–Kier alpha value is -3.67. The number of nitrogens with one attached hydrogen (secondary N) is 2. The maximum atomic E-state index is 12.5. The van der Waals surface area contributed by atoms with Crippen molar-refractivity contribution in [3.63, 3.8) is 0 Å². The molecule has 2 aromatic carbocycles. The van der Waals surface area contributed by atoms with Crippen LogP contribution >= 0.6 is 0 Å². The quantitative estimate of drug-likeness (QED) is 0.706. The predicted molar refractivity (Wildman–Crippen MR) is 103 cm³/mol. The molecular weight excluding hydrogens is 342 g/mol. The van der Waals surface area contributed by atoms with Gasteiger partial charge in [0.05, 0.1) is 7.11 Å². The summed E-state index contributed by atoms with van der Waals surface area (Å²) in [4.78, 5) is 28.8. The van der Waals surface area contributed by atoms with Gasteiger partial charge in [-0.2, -0.15) is 0 Å². The van der Waals surface area contributed by atoms with Crippen LogP contribution in [0.5, 0.6) is 5.75 Å². The van der Waals surface area contributed by atoms with Crippen LogP contribution in [0, 0.1) is 0 Å². The Morgan fingerprint density at radius 1 is 0.963 bits per heavy atom. The van der Waals surface area contributed by atoms with Crippen molar-refractivity contribution < 1.29 is 14.3 Å². The Bertz CT molecular complexity index is 942. The van der Waals surface area contributed by atoms with Crippen LogP contribution in [0.4, 0.5) is 5.69 Å². The zero-order valence-electron chi connectivity index (χ0n) is 14.8. The van der Waals surface area contributed by atoms with Crippen LogP contribution in [0.2, 0.25) is 0 Å². The van der Waals surface area contributed by atoms with Gasteiger partial charge in [-0.05, 0) is 29.8 Å². The van der Waals surface area contributed by atoms with E-state index in [1.165, 1.54) is 12.3 Å². The molecule has 1 aromatic heterocycles. The van der Waals surface area contributed by atoms with Gasteiger partial charge < -0.3 is 15.4 Å². The van der Waals surface area contributed by atoms with E-state index < -0.39 is 0 Å². The van der Waals surface area contributed by atoms with E-state index in [0.29, 0.717) is 23.5 Å². The zero-order chi connectivity index (χ0) is 19.1. The van der Waals surface area contributed by atoms with E-state index in [-0.39, 0.29) is 17.5 Å². The molecule has 0 unspecified atom stereocenters. The summed E-state index contributed by atoms with van der Waals surface area (Å²) in [5.74, 6) is -0.0267. The highest BCUT2D eigenvalue weighted by atomic mass is 16.5. The van der Waals surface area contributed by atoms with Crippen molar-refractivity contribution in [2.24, 2.45) is 0 Å². The molecule has 0 aliphatic rings. The Kier molecular flexibility index (Phi) is 5.79. The summed E-state index contributed by atoms with van der Waals surface area (Å²) in [5, 5.41) is 5.57. The van der Waals surface area contributed by atoms with Crippen molar-refractivity contribution >= 4 is 17.5 Å². The van der Waals surface area contributed by atoms with E-state index in [1.807, 2.05) is 30.3 Å². The third-order valence-electron chi connectivity index (χ3n) is 3.88. The van der Waals surface area contributed by atoms with E-state index in [2.05, 4.69) is 15.6 Å². The Morgan fingerprint density at radius 2 is 1.78 bits per heavy atom. The molecule has 6 heteroatoms. The highest BCUT2D eigenvalue weighted by Crippen LogP contribution is 2.17. The predicted octanol–water partition coefficient (Wildman–Crippen LogP) is 3.27.